The van der Waals surface area contributed by atoms with E-state index in [9.17, 15) is 5.26 Å². The van der Waals surface area contributed by atoms with Gasteiger partial charge in [-0.3, -0.25) is 0 Å². The third-order valence-electron chi connectivity index (χ3n) is 4.61. The molecular formula is C15H27N3. The van der Waals surface area contributed by atoms with Crippen molar-refractivity contribution in [2.75, 3.05) is 26.2 Å². The fraction of sp³-hybridized carbons (Fsp3) is 0.933. The van der Waals surface area contributed by atoms with Crippen LogP contribution in [0.4, 0.5) is 0 Å². The number of hydrogen-bond donors (Lipinski definition) is 1. The van der Waals surface area contributed by atoms with Crippen molar-refractivity contribution in [3.8, 4) is 6.07 Å². The summed E-state index contributed by atoms with van der Waals surface area (Å²) in [5, 5.41) is 12.5. The molecule has 1 N–H and O–H groups in total. The topological polar surface area (TPSA) is 39.1 Å². The number of nitrogens with one attached hydrogen (secondary N) is 1. The highest BCUT2D eigenvalue weighted by Crippen LogP contribution is 2.35. The maximum Gasteiger partial charge on any atom is 0.108 e. The maximum atomic E-state index is 9.18. The SMILES string of the molecule is CCCNC(C#N)CN1CCC2CCCCC2C1. The Morgan fingerprint density at radius 3 is 2.78 bits per heavy atom. The summed E-state index contributed by atoms with van der Waals surface area (Å²) < 4.78 is 0. The van der Waals surface area contributed by atoms with Gasteiger partial charge in [0.05, 0.1) is 6.07 Å². The molecule has 1 saturated carbocycles. The molecule has 0 radical (unpaired) electrons. The largest absolute Gasteiger partial charge is 0.301 e. The average Bonchev–Trinajstić information content (AvgIpc) is 2.43. The first-order valence-electron chi connectivity index (χ1n) is 7.68. The van der Waals surface area contributed by atoms with Crippen molar-refractivity contribution in [1.29, 1.82) is 5.26 Å². The highest BCUT2D eigenvalue weighted by molar-refractivity contribution is 4.94. The summed E-state index contributed by atoms with van der Waals surface area (Å²) in [5.41, 5.74) is 0. The van der Waals surface area contributed by atoms with Crippen LogP contribution in [0, 0.1) is 23.2 Å². The number of rotatable bonds is 5. The lowest BCUT2D eigenvalue weighted by molar-refractivity contribution is 0.0836. The van der Waals surface area contributed by atoms with Crippen molar-refractivity contribution in [1.82, 2.24) is 10.2 Å². The van der Waals surface area contributed by atoms with Gasteiger partial charge in [0.25, 0.3) is 0 Å². The average molecular weight is 249 g/mol. The van der Waals surface area contributed by atoms with Crippen molar-refractivity contribution >= 4 is 0 Å². The molecule has 1 aliphatic carbocycles. The number of nitriles is 1. The van der Waals surface area contributed by atoms with Crippen LogP contribution >= 0.6 is 0 Å². The normalized spacial score (nSPS) is 30.4. The molecule has 1 aliphatic heterocycles. The second-order valence-corrected chi connectivity index (χ2v) is 5.99. The molecule has 0 spiro atoms. The van der Waals surface area contributed by atoms with Gasteiger partial charge >= 0.3 is 0 Å². The zero-order valence-corrected chi connectivity index (χ0v) is 11.7. The highest BCUT2D eigenvalue weighted by Gasteiger charge is 2.31. The minimum atomic E-state index is 0.0186. The lowest BCUT2D eigenvalue weighted by atomic mass is 9.75. The Labute approximate surface area is 112 Å². The van der Waals surface area contributed by atoms with Crippen LogP contribution in [0.15, 0.2) is 0 Å². The lowest BCUT2D eigenvalue weighted by Crippen LogP contribution is -2.47. The summed E-state index contributed by atoms with van der Waals surface area (Å²) in [6.07, 6.45) is 8.19. The van der Waals surface area contributed by atoms with Gasteiger partial charge in [-0.15, -0.1) is 0 Å². The molecule has 3 atom stereocenters. The van der Waals surface area contributed by atoms with E-state index in [2.05, 4.69) is 23.2 Å². The first-order chi connectivity index (χ1) is 8.83. The second-order valence-electron chi connectivity index (χ2n) is 5.99. The predicted octanol–water partition coefficient (Wildman–Crippen LogP) is 2.39. The van der Waals surface area contributed by atoms with Crippen molar-refractivity contribution in [3.63, 3.8) is 0 Å². The van der Waals surface area contributed by atoms with Crippen molar-refractivity contribution in [3.05, 3.63) is 0 Å². The molecule has 1 heterocycles. The van der Waals surface area contributed by atoms with Crippen LogP contribution in [0.3, 0.4) is 0 Å². The minimum Gasteiger partial charge on any atom is -0.301 e. The summed E-state index contributed by atoms with van der Waals surface area (Å²) in [6.45, 7) is 6.45. The van der Waals surface area contributed by atoms with Gasteiger partial charge in [-0.25, -0.2) is 0 Å². The predicted molar refractivity (Wildman–Crippen MR) is 74.2 cm³/mol. The Bertz CT molecular complexity index is 284. The van der Waals surface area contributed by atoms with E-state index in [1.54, 1.807) is 0 Å². The summed E-state index contributed by atoms with van der Waals surface area (Å²) >= 11 is 0. The van der Waals surface area contributed by atoms with E-state index in [1.165, 1.54) is 45.2 Å². The third-order valence-corrected chi connectivity index (χ3v) is 4.61. The summed E-state index contributed by atoms with van der Waals surface area (Å²) in [7, 11) is 0. The quantitative estimate of drug-likeness (QED) is 0.813. The van der Waals surface area contributed by atoms with Gasteiger partial charge in [0.1, 0.15) is 6.04 Å². The molecule has 3 heteroatoms. The Balaban J connectivity index is 1.78. The molecule has 2 rings (SSSR count). The zero-order valence-electron chi connectivity index (χ0n) is 11.7. The van der Waals surface area contributed by atoms with Crippen LogP contribution in [-0.2, 0) is 0 Å². The molecule has 0 aromatic carbocycles. The van der Waals surface area contributed by atoms with Gasteiger partial charge in [0.2, 0.25) is 0 Å². The van der Waals surface area contributed by atoms with E-state index in [-0.39, 0.29) is 6.04 Å². The van der Waals surface area contributed by atoms with E-state index in [0.29, 0.717) is 0 Å². The molecule has 0 amide bonds. The number of hydrogen-bond acceptors (Lipinski definition) is 3. The van der Waals surface area contributed by atoms with E-state index >= 15 is 0 Å². The van der Waals surface area contributed by atoms with Crippen LogP contribution in [0.5, 0.6) is 0 Å². The summed E-state index contributed by atoms with van der Waals surface area (Å²) in [6, 6.07) is 2.42. The molecule has 102 valence electrons. The molecular weight excluding hydrogens is 222 g/mol. The first kappa shape index (κ1) is 13.8. The molecule has 18 heavy (non-hydrogen) atoms. The molecule has 1 saturated heterocycles. The smallest absolute Gasteiger partial charge is 0.108 e. The minimum absolute atomic E-state index is 0.0186. The van der Waals surface area contributed by atoms with Crippen LogP contribution < -0.4 is 5.32 Å². The van der Waals surface area contributed by atoms with Crippen LogP contribution in [-0.4, -0.2) is 37.1 Å². The van der Waals surface area contributed by atoms with Crippen LogP contribution in [0.25, 0.3) is 0 Å². The summed E-state index contributed by atoms with van der Waals surface area (Å²) in [4.78, 5) is 2.52. The van der Waals surface area contributed by atoms with Gasteiger partial charge in [0.15, 0.2) is 0 Å². The van der Waals surface area contributed by atoms with Crippen LogP contribution in [0.1, 0.15) is 45.4 Å². The number of nitrogens with zero attached hydrogens (tertiary/aromatic N) is 2. The highest BCUT2D eigenvalue weighted by atomic mass is 15.2. The molecule has 2 aliphatic rings. The second kappa shape index (κ2) is 7.11. The number of piperidine rings is 1. The van der Waals surface area contributed by atoms with E-state index < -0.39 is 0 Å². The fourth-order valence-corrected chi connectivity index (χ4v) is 3.57. The summed E-state index contributed by atoms with van der Waals surface area (Å²) in [5.74, 6) is 1.90. The number of likely N-dealkylation sites (tertiary alicyclic amines) is 1. The standard InChI is InChI=1S/C15H27N3/c1-2-8-17-15(10-16)12-18-9-7-13-5-3-4-6-14(13)11-18/h13-15,17H,2-9,11-12H2,1H3. The van der Waals surface area contributed by atoms with Gasteiger partial charge in [-0.05, 0) is 44.2 Å². The van der Waals surface area contributed by atoms with Gasteiger partial charge in [-0.1, -0.05) is 26.2 Å². The Morgan fingerprint density at radius 1 is 1.28 bits per heavy atom. The van der Waals surface area contributed by atoms with E-state index in [4.69, 9.17) is 0 Å². The van der Waals surface area contributed by atoms with Crippen LogP contribution in [0.2, 0.25) is 0 Å². The third kappa shape index (κ3) is 3.70. The zero-order chi connectivity index (χ0) is 12.8. The molecule has 2 fully saturated rings. The lowest BCUT2D eigenvalue weighted by Gasteiger charge is -2.41. The molecule has 3 unspecified atom stereocenters. The molecule has 0 bridgehead atoms. The fourth-order valence-electron chi connectivity index (χ4n) is 3.57. The van der Waals surface area contributed by atoms with E-state index in [0.717, 1.165) is 31.3 Å². The molecule has 0 aromatic heterocycles. The van der Waals surface area contributed by atoms with E-state index in [1.807, 2.05) is 0 Å². The van der Waals surface area contributed by atoms with Gasteiger partial charge < -0.3 is 10.2 Å². The van der Waals surface area contributed by atoms with Crippen molar-refractivity contribution in [2.45, 2.75) is 51.5 Å². The van der Waals surface area contributed by atoms with Crippen molar-refractivity contribution in [2.24, 2.45) is 11.8 Å². The van der Waals surface area contributed by atoms with Gasteiger partial charge in [0, 0.05) is 13.1 Å². The Hall–Kier alpha value is -0.590. The first-order valence-corrected chi connectivity index (χ1v) is 7.68. The Kier molecular flexibility index (Phi) is 5.46. The monoisotopic (exact) mass is 249 g/mol. The maximum absolute atomic E-state index is 9.18. The Morgan fingerprint density at radius 2 is 2.06 bits per heavy atom. The van der Waals surface area contributed by atoms with Crippen molar-refractivity contribution < 1.29 is 0 Å². The van der Waals surface area contributed by atoms with Gasteiger partial charge in [-0.2, -0.15) is 5.26 Å². The molecule has 3 nitrogen and oxygen atoms in total. The number of fused-ring (bicyclic) bond motifs is 1. The molecule has 0 aromatic rings.